The summed E-state index contributed by atoms with van der Waals surface area (Å²) in [5.74, 6) is 0. The van der Waals surface area contributed by atoms with E-state index in [-0.39, 0.29) is 18.7 Å². The highest BCUT2D eigenvalue weighted by atomic mass is 16.5. The predicted octanol–water partition coefficient (Wildman–Crippen LogP) is -0.193. The molecule has 0 spiro atoms. The van der Waals surface area contributed by atoms with Crippen LogP contribution in [0.1, 0.15) is 19.8 Å². The van der Waals surface area contributed by atoms with Gasteiger partial charge in [-0.25, -0.2) is 0 Å². The van der Waals surface area contributed by atoms with Gasteiger partial charge in [-0.1, -0.05) is 6.92 Å². The van der Waals surface area contributed by atoms with Gasteiger partial charge >= 0.3 is 0 Å². The first-order valence-corrected chi connectivity index (χ1v) is 5.47. The smallest absolute Gasteiger partial charge is 0.0601 e. The van der Waals surface area contributed by atoms with E-state index in [1.54, 1.807) is 0 Å². The number of rotatable bonds is 4. The zero-order chi connectivity index (χ0) is 10.4. The number of hydrogen-bond acceptors (Lipinski definition) is 4. The molecule has 1 saturated heterocycles. The number of hydrogen-bond donors (Lipinski definition) is 2. The van der Waals surface area contributed by atoms with Gasteiger partial charge in [0.05, 0.1) is 13.2 Å². The second kappa shape index (κ2) is 6.35. The lowest BCUT2D eigenvalue weighted by molar-refractivity contribution is 0.0919. The van der Waals surface area contributed by atoms with Crippen LogP contribution in [0.4, 0.5) is 0 Å². The zero-order valence-corrected chi connectivity index (χ0v) is 8.98. The quantitative estimate of drug-likeness (QED) is 0.663. The van der Waals surface area contributed by atoms with E-state index in [2.05, 4.69) is 11.8 Å². The molecule has 1 rings (SSSR count). The SMILES string of the molecule is CCC(N)C(CO)N1CCCOCC1. The summed E-state index contributed by atoms with van der Waals surface area (Å²) in [5, 5.41) is 9.31. The Hall–Kier alpha value is -0.160. The van der Waals surface area contributed by atoms with E-state index in [9.17, 15) is 5.11 Å². The van der Waals surface area contributed by atoms with Gasteiger partial charge in [0.15, 0.2) is 0 Å². The van der Waals surface area contributed by atoms with Crippen molar-refractivity contribution in [3.63, 3.8) is 0 Å². The molecule has 0 radical (unpaired) electrons. The minimum atomic E-state index is 0.0677. The minimum Gasteiger partial charge on any atom is -0.395 e. The van der Waals surface area contributed by atoms with Gasteiger partial charge in [-0.2, -0.15) is 0 Å². The number of nitrogens with zero attached hydrogens (tertiary/aromatic N) is 1. The zero-order valence-electron chi connectivity index (χ0n) is 8.98. The maximum absolute atomic E-state index is 9.31. The number of aliphatic hydroxyl groups excluding tert-OH is 1. The van der Waals surface area contributed by atoms with E-state index >= 15 is 0 Å². The summed E-state index contributed by atoms with van der Waals surface area (Å²) in [5.41, 5.74) is 5.97. The van der Waals surface area contributed by atoms with E-state index in [1.165, 1.54) is 0 Å². The maximum atomic E-state index is 9.31. The van der Waals surface area contributed by atoms with Crippen molar-refractivity contribution in [1.29, 1.82) is 0 Å². The first kappa shape index (κ1) is 11.9. The van der Waals surface area contributed by atoms with Crippen molar-refractivity contribution in [1.82, 2.24) is 4.90 Å². The molecule has 1 aliphatic rings. The van der Waals surface area contributed by atoms with E-state index < -0.39 is 0 Å². The van der Waals surface area contributed by atoms with Crippen molar-refractivity contribution in [3.05, 3.63) is 0 Å². The van der Waals surface area contributed by atoms with Crippen LogP contribution in [0.25, 0.3) is 0 Å². The van der Waals surface area contributed by atoms with Crippen LogP contribution in [0.3, 0.4) is 0 Å². The molecule has 0 aliphatic carbocycles. The average Bonchev–Trinajstić information content (AvgIpc) is 2.47. The van der Waals surface area contributed by atoms with Gasteiger partial charge in [0.1, 0.15) is 0 Å². The molecule has 14 heavy (non-hydrogen) atoms. The topological polar surface area (TPSA) is 58.7 Å². The second-order valence-electron chi connectivity index (χ2n) is 3.82. The number of ether oxygens (including phenoxy) is 1. The van der Waals surface area contributed by atoms with E-state index in [0.29, 0.717) is 0 Å². The lowest BCUT2D eigenvalue weighted by atomic mass is 10.1. The fourth-order valence-corrected chi connectivity index (χ4v) is 1.89. The molecular weight excluding hydrogens is 180 g/mol. The Morgan fingerprint density at radius 1 is 1.43 bits per heavy atom. The van der Waals surface area contributed by atoms with Gasteiger partial charge in [0.25, 0.3) is 0 Å². The molecule has 0 aromatic carbocycles. The molecule has 1 heterocycles. The van der Waals surface area contributed by atoms with Crippen LogP contribution in [0, 0.1) is 0 Å². The summed E-state index contributed by atoms with van der Waals surface area (Å²) in [6, 6.07) is 0.166. The standard InChI is InChI=1S/C10H22N2O2/c1-2-9(11)10(8-13)12-4-3-6-14-7-5-12/h9-10,13H,2-8,11H2,1H3. The number of nitrogens with two attached hydrogens (primary N) is 1. The van der Waals surface area contributed by atoms with Gasteiger partial charge in [0.2, 0.25) is 0 Å². The van der Waals surface area contributed by atoms with Crippen LogP contribution in [0.5, 0.6) is 0 Å². The van der Waals surface area contributed by atoms with Crippen molar-refractivity contribution < 1.29 is 9.84 Å². The highest BCUT2D eigenvalue weighted by Gasteiger charge is 2.23. The van der Waals surface area contributed by atoms with Crippen LogP contribution in [-0.4, -0.2) is 55.0 Å². The van der Waals surface area contributed by atoms with E-state index in [4.69, 9.17) is 10.5 Å². The van der Waals surface area contributed by atoms with Crippen LogP contribution >= 0.6 is 0 Å². The summed E-state index contributed by atoms with van der Waals surface area (Å²) in [6.45, 7) is 5.66. The van der Waals surface area contributed by atoms with Crippen molar-refractivity contribution in [3.8, 4) is 0 Å². The molecule has 0 aromatic heterocycles. The Balaban J connectivity index is 2.48. The Morgan fingerprint density at radius 3 is 2.86 bits per heavy atom. The Morgan fingerprint density at radius 2 is 2.21 bits per heavy atom. The summed E-state index contributed by atoms with van der Waals surface area (Å²) in [4.78, 5) is 2.25. The molecule has 0 bridgehead atoms. The Labute approximate surface area is 86.0 Å². The lowest BCUT2D eigenvalue weighted by Gasteiger charge is -2.32. The van der Waals surface area contributed by atoms with Crippen LogP contribution in [-0.2, 0) is 4.74 Å². The Bertz CT molecular complexity index is 147. The molecular formula is C10H22N2O2. The fraction of sp³-hybridized carbons (Fsp3) is 1.00. The summed E-state index contributed by atoms with van der Waals surface area (Å²) >= 11 is 0. The van der Waals surface area contributed by atoms with Gasteiger partial charge in [-0.05, 0) is 12.8 Å². The molecule has 1 fully saturated rings. The first-order valence-electron chi connectivity index (χ1n) is 5.47. The summed E-state index contributed by atoms with van der Waals surface area (Å²) in [6.07, 6.45) is 1.94. The second-order valence-corrected chi connectivity index (χ2v) is 3.82. The summed E-state index contributed by atoms with van der Waals surface area (Å²) in [7, 11) is 0. The van der Waals surface area contributed by atoms with Crippen LogP contribution in [0.2, 0.25) is 0 Å². The molecule has 0 aromatic rings. The molecule has 4 heteroatoms. The third kappa shape index (κ3) is 3.20. The minimum absolute atomic E-state index is 0.0677. The maximum Gasteiger partial charge on any atom is 0.0601 e. The van der Waals surface area contributed by atoms with E-state index in [1.807, 2.05) is 0 Å². The highest BCUT2D eigenvalue weighted by molar-refractivity contribution is 4.81. The Kier molecular flexibility index (Phi) is 5.40. The van der Waals surface area contributed by atoms with Crippen molar-refractivity contribution in [2.24, 2.45) is 5.73 Å². The van der Waals surface area contributed by atoms with Gasteiger partial charge < -0.3 is 15.6 Å². The van der Waals surface area contributed by atoms with Crippen LogP contribution in [0.15, 0.2) is 0 Å². The molecule has 0 saturated carbocycles. The largest absolute Gasteiger partial charge is 0.395 e. The summed E-state index contributed by atoms with van der Waals surface area (Å²) < 4.78 is 5.37. The molecule has 1 aliphatic heterocycles. The third-order valence-corrected chi connectivity index (χ3v) is 2.88. The molecule has 84 valence electrons. The van der Waals surface area contributed by atoms with Gasteiger partial charge in [-0.15, -0.1) is 0 Å². The average molecular weight is 202 g/mol. The fourth-order valence-electron chi connectivity index (χ4n) is 1.89. The van der Waals surface area contributed by atoms with Crippen molar-refractivity contribution in [2.75, 3.05) is 32.9 Å². The molecule has 4 nitrogen and oxygen atoms in total. The lowest BCUT2D eigenvalue weighted by Crippen LogP contribution is -2.50. The predicted molar refractivity (Wildman–Crippen MR) is 56.1 cm³/mol. The molecule has 2 unspecified atom stereocenters. The normalized spacial score (nSPS) is 24.2. The molecule has 0 amide bonds. The van der Waals surface area contributed by atoms with E-state index in [0.717, 1.165) is 39.1 Å². The van der Waals surface area contributed by atoms with Crippen LogP contribution < -0.4 is 5.73 Å². The number of aliphatic hydroxyl groups is 1. The molecule has 3 N–H and O–H groups in total. The van der Waals surface area contributed by atoms with Crippen molar-refractivity contribution in [2.45, 2.75) is 31.8 Å². The highest BCUT2D eigenvalue weighted by Crippen LogP contribution is 2.09. The van der Waals surface area contributed by atoms with Gasteiger partial charge in [0, 0.05) is 31.8 Å². The third-order valence-electron chi connectivity index (χ3n) is 2.88. The van der Waals surface area contributed by atoms with Gasteiger partial charge in [-0.3, -0.25) is 4.90 Å². The monoisotopic (exact) mass is 202 g/mol. The first-order chi connectivity index (χ1) is 6.79. The molecule has 2 atom stereocenters. The van der Waals surface area contributed by atoms with Crippen molar-refractivity contribution >= 4 is 0 Å².